The first-order valence-electron chi connectivity index (χ1n) is 3.93. The fourth-order valence-electron chi connectivity index (χ4n) is 1.29. The van der Waals surface area contributed by atoms with Crippen molar-refractivity contribution in [2.75, 3.05) is 0 Å². The third-order valence-corrected chi connectivity index (χ3v) is 6.84. The average Bonchev–Trinajstić information content (AvgIpc) is 2.60. The third-order valence-electron chi connectivity index (χ3n) is 1.86. The van der Waals surface area contributed by atoms with Crippen LogP contribution < -0.4 is 0 Å². The Morgan fingerprint density at radius 2 is 1.42 bits per heavy atom. The molecule has 0 saturated heterocycles. The number of hydrogen-bond acceptors (Lipinski definition) is 0. The van der Waals surface area contributed by atoms with Gasteiger partial charge in [0.25, 0.3) is 0 Å². The van der Waals surface area contributed by atoms with Gasteiger partial charge in [-0.2, -0.15) is 0 Å². The van der Waals surface area contributed by atoms with Crippen molar-refractivity contribution in [2.24, 2.45) is 0 Å². The molecule has 0 bridgehead atoms. The first-order valence-corrected chi connectivity index (χ1v) is 7.53. The first-order chi connectivity index (χ1) is 5.45. The van der Waals surface area contributed by atoms with Crippen LogP contribution in [0.4, 0.5) is 0 Å². The van der Waals surface area contributed by atoms with Crippen molar-refractivity contribution < 1.29 is 22.9 Å². The van der Waals surface area contributed by atoms with Crippen molar-refractivity contribution >= 4 is 17.0 Å². The third kappa shape index (κ3) is 2.67. The van der Waals surface area contributed by atoms with Crippen LogP contribution >= 0.6 is 17.0 Å². The summed E-state index contributed by atoms with van der Waals surface area (Å²) in [5, 5.41) is 0. The molecule has 0 fully saturated rings. The van der Waals surface area contributed by atoms with Crippen LogP contribution in [0.5, 0.6) is 0 Å². The van der Waals surface area contributed by atoms with Crippen LogP contribution in [0.15, 0.2) is 43.1 Å². The molecule has 0 aliphatic heterocycles. The van der Waals surface area contributed by atoms with E-state index in [1.807, 2.05) is 0 Å². The molecule has 0 aromatic rings. The van der Waals surface area contributed by atoms with Crippen LogP contribution in [-0.4, -0.2) is 0 Å². The molecular formula is C10H11BrHf. The van der Waals surface area contributed by atoms with E-state index in [9.17, 15) is 0 Å². The molecule has 0 heterocycles. The van der Waals surface area contributed by atoms with Gasteiger partial charge in [0.15, 0.2) is 0 Å². The fraction of sp³-hybridized carbons (Fsp3) is 0.200. The van der Waals surface area contributed by atoms with E-state index < -0.39 is 22.9 Å². The van der Waals surface area contributed by atoms with Gasteiger partial charge in [0, 0.05) is 0 Å². The van der Waals surface area contributed by atoms with Gasteiger partial charge in [-0.15, -0.1) is 17.0 Å². The Hall–Kier alpha value is 0.310. The van der Waals surface area contributed by atoms with E-state index in [1.54, 1.807) is 6.66 Å². The van der Waals surface area contributed by atoms with Crippen LogP contribution in [0.3, 0.4) is 0 Å². The summed E-state index contributed by atoms with van der Waals surface area (Å²) in [5.41, 5.74) is 0. The predicted molar refractivity (Wildman–Crippen MR) is 54.0 cm³/mol. The average molecular weight is 390 g/mol. The first kappa shape index (κ1) is 10.4. The summed E-state index contributed by atoms with van der Waals surface area (Å²) in [6.07, 6.45) is 16.1. The second-order valence-corrected chi connectivity index (χ2v) is 8.29. The molecule has 0 aromatic heterocycles. The Bertz CT molecular complexity index is 244. The minimum absolute atomic E-state index is 0. The van der Waals surface area contributed by atoms with Gasteiger partial charge < -0.3 is 0 Å². The van der Waals surface area contributed by atoms with Gasteiger partial charge >= 0.3 is 78.9 Å². The second kappa shape index (κ2) is 5.13. The Labute approximate surface area is 95.3 Å². The summed E-state index contributed by atoms with van der Waals surface area (Å²) in [6.45, 7) is 0. The maximum atomic E-state index is 2.32. The molecule has 0 radical (unpaired) electrons. The van der Waals surface area contributed by atoms with Crippen molar-refractivity contribution in [2.45, 2.75) is 12.8 Å². The Morgan fingerprint density at radius 3 is 1.75 bits per heavy atom. The van der Waals surface area contributed by atoms with Crippen molar-refractivity contribution in [1.29, 1.82) is 0 Å². The van der Waals surface area contributed by atoms with E-state index in [0.29, 0.717) is 0 Å². The second-order valence-electron chi connectivity index (χ2n) is 2.77. The molecule has 62 valence electrons. The Balaban J connectivity index is 0.000000720. The van der Waals surface area contributed by atoms with Gasteiger partial charge in [0.05, 0.1) is 0 Å². The van der Waals surface area contributed by atoms with Crippen LogP contribution in [0.25, 0.3) is 0 Å². The van der Waals surface area contributed by atoms with Gasteiger partial charge in [-0.3, -0.25) is 0 Å². The molecule has 12 heavy (non-hydrogen) atoms. The number of allylic oxidation sites excluding steroid dienone is 8. The van der Waals surface area contributed by atoms with Crippen molar-refractivity contribution in [1.82, 2.24) is 0 Å². The van der Waals surface area contributed by atoms with Gasteiger partial charge in [-0.25, -0.2) is 0 Å². The van der Waals surface area contributed by atoms with Crippen LogP contribution in [-0.2, 0) is 22.9 Å². The molecule has 0 N–H and O–H groups in total. The minimum atomic E-state index is -0.526. The van der Waals surface area contributed by atoms with Crippen LogP contribution in [0.1, 0.15) is 12.8 Å². The van der Waals surface area contributed by atoms with Gasteiger partial charge in [0.2, 0.25) is 0 Å². The molecule has 0 saturated carbocycles. The monoisotopic (exact) mass is 390 g/mol. The van der Waals surface area contributed by atoms with Crippen LogP contribution in [0, 0.1) is 0 Å². The summed E-state index contributed by atoms with van der Waals surface area (Å²) in [4.78, 5) is 0. The molecule has 0 nitrogen and oxygen atoms in total. The molecular weight excluding hydrogens is 379 g/mol. The molecule has 2 rings (SSSR count). The zero-order valence-electron chi connectivity index (χ0n) is 6.79. The zero-order chi connectivity index (χ0) is 7.52. The van der Waals surface area contributed by atoms with E-state index in [2.05, 4.69) is 36.5 Å². The number of halogens is 1. The number of rotatable bonds is 2. The van der Waals surface area contributed by atoms with Crippen molar-refractivity contribution in [3.05, 3.63) is 43.1 Å². The molecule has 2 heteroatoms. The Kier molecular flexibility index (Phi) is 4.44. The van der Waals surface area contributed by atoms with E-state index in [-0.39, 0.29) is 17.0 Å². The van der Waals surface area contributed by atoms with Crippen LogP contribution in [0.2, 0.25) is 0 Å². The van der Waals surface area contributed by atoms with E-state index in [0.717, 1.165) is 0 Å². The predicted octanol–water partition coefficient (Wildman–Crippen LogP) is 3.33. The maximum absolute atomic E-state index is 2.32. The topological polar surface area (TPSA) is 0 Å². The fourth-order valence-corrected chi connectivity index (χ4v) is 5.64. The molecule has 2 aliphatic rings. The number of hydrogen-bond donors (Lipinski definition) is 0. The molecule has 2 aliphatic carbocycles. The molecule has 0 spiro atoms. The summed E-state index contributed by atoms with van der Waals surface area (Å²) in [5.74, 6) is 0. The summed E-state index contributed by atoms with van der Waals surface area (Å²) in [6, 6.07) is 0. The van der Waals surface area contributed by atoms with E-state index in [4.69, 9.17) is 0 Å². The quantitative estimate of drug-likeness (QED) is 0.636. The van der Waals surface area contributed by atoms with E-state index >= 15 is 0 Å². The summed E-state index contributed by atoms with van der Waals surface area (Å²) >= 11 is -0.526. The summed E-state index contributed by atoms with van der Waals surface area (Å²) in [7, 11) is 0. The van der Waals surface area contributed by atoms with Crippen molar-refractivity contribution in [3.8, 4) is 0 Å². The molecule has 0 aromatic carbocycles. The zero-order valence-corrected chi connectivity index (χ0v) is 12.1. The SMILES string of the molecule is Br.C1=CC[C]([Hf][C]2=CC=CC2)=C1. The molecule has 0 amide bonds. The molecule has 0 unspecified atom stereocenters. The standard InChI is InChI=1S/2C5H5.BrH.Hf/c2*1-2-4-5-3-1;;/h2*1-3H,4H2;1H;. The normalized spacial score (nSPS) is 18.7. The van der Waals surface area contributed by atoms with Gasteiger partial charge in [0.1, 0.15) is 0 Å². The van der Waals surface area contributed by atoms with Crippen molar-refractivity contribution in [3.63, 3.8) is 0 Å². The van der Waals surface area contributed by atoms with E-state index in [1.165, 1.54) is 12.8 Å². The Morgan fingerprint density at radius 1 is 0.917 bits per heavy atom. The van der Waals surface area contributed by atoms with Gasteiger partial charge in [-0.05, 0) is 0 Å². The van der Waals surface area contributed by atoms with Gasteiger partial charge in [-0.1, -0.05) is 0 Å². The summed E-state index contributed by atoms with van der Waals surface area (Å²) < 4.78 is 3.50. The molecule has 0 atom stereocenters.